The first-order chi connectivity index (χ1) is 14.5. The summed E-state index contributed by atoms with van der Waals surface area (Å²) in [7, 11) is 1.72. The maximum Gasteiger partial charge on any atom is 0.261 e. The third-order valence-electron chi connectivity index (χ3n) is 5.50. The Balaban J connectivity index is 1.76. The molecule has 0 aromatic carbocycles. The van der Waals surface area contributed by atoms with Crippen LogP contribution >= 0.6 is 23.2 Å². The second-order valence-electron chi connectivity index (χ2n) is 7.25. The first kappa shape index (κ1) is 20.8. The average molecular weight is 447 g/mol. The van der Waals surface area contributed by atoms with Gasteiger partial charge in [0.05, 0.1) is 27.2 Å². The maximum absolute atomic E-state index is 13.1. The van der Waals surface area contributed by atoms with Gasteiger partial charge in [-0.25, -0.2) is 4.98 Å². The zero-order valence-corrected chi connectivity index (χ0v) is 17.8. The van der Waals surface area contributed by atoms with Gasteiger partial charge in [-0.05, 0) is 37.8 Å². The lowest BCUT2D eigenvalue weighted by Gasteiger charge is -2.30. The number of anilines is 1. The van der Waals surface area contributed by atoms with Crippen molar-refractivity contribution < 1.29 is 9.53 Å². The Hall–Kier alpha value is -2.48. The van der Waals surface area contributed by atoms with Crippen molar-refractivity contribution in [1.29, 1.82) is 0 Å². The van der Waals surface area contributed by atoms with Crippen LogP contribution in [0.3, 0.4) is 0 Å². The van der Waals surface area contributed by atoms with Gasteiger partial charge in [-0.3, -0.25) is 14.6 Å². The van der Waals surface area contributed by atoms with Crippen molar-refractivity contribution in [2.45, 2.75) is 37.8 Å². The molecule has 9 heteroatoms. The van der Waals surface area contributed by atoms with Gasteiger partial charge in [0.25, 0.3) is 5.91 Å². The minimum atomic E-state index is -0.583. The number of rotatable bonds is 4. The van der Waals surface area contributed by atoms with Gasteiger partial charge in [0.2, 0.25) is 5.43 Å². The standard InChI is InChI=1S/C21H20Cl2N4O3/c1-30-13-6-4-12(5-7-13)27-11-15(19(28)14-3-2-8-25-20(14)27)21(29)26-18-16(22)9-24-10-17(18)23/h2-3,8-13H,4-7H2,1H3,(H,24,26,29)/t12-,13-. The third-order valence-corrected chi connectivity index (χ3v) is 6.07. The molecule has 156 valence electrons. The van der Waals surface area contributed by atoms with Crippen molar-refractivity contribution in [3.8, 4) is 0 Å². The smallest absolute Gasteiger partial charge is 0.261 e. The third kappa shape index (κ3) is 3.93. The summed E-state index contributed by atoms with van der Waals surface area (Å²) in [5.74, 6) is -0.583. The van der Waals surface area contributed by atoms with Gasteiger partial charge in [-0.2, -0.15) is 0 Å². The first-order valence-corrected chi connectivity index (χ1v) is 10.4. The molecule has 0 spiro atoms. The van der Waals surface area contributed by atoms with Crippen molar-refractivity contribution in [3.05, 3.63) is 62.8 Å². The number of amides is 1. The summed E-state index contributed by atoms with van der Waals surface area (Å²) in [6, 6.07) is 3.49. The predicted octanol–water partition coefficient (Wildman–Crippen LogP) is 4.48. The summed E-state index contributed by atoms with van der Waals surface area (Å²) in [4.78, 5) is 34.4. The highest BCUT2D eigenvalue weighted by Crippen LogP contribution is 2.32. The van der Waals surface area contributed by atoms with E-state index < -0.39 is 11.3 Å². The van der Waals surface area contributed by atoms with E-state index >= 15 is 0 Å². The summed E-state index contributed by atoms with van der Waals surface area (Å²) in [6.45, 7) is 0. The van der Waals surface area contributed by atoms with E-state index in [1.807, 2.05) is 4.57 Å². The average Bonchev–Trinajstić information content (AvgIpc) is 2.77. The molecule has 1 N–H and O–H groups in total. The van der Waals surface area contributed by atoms with Gasteiger partial charge in [0, 0.05) is 37.9 Å². The molecule has 7 nitrogen and oxygen atoms in total. The predicted molar refractivity (Wildman–Crippen MR) is 117 cm³/mol. The Kier molecular flexibility index (Phi) is 6.04. The number of nitrogens with one attached hydrogen (secondary N) is 1. The van der Waals surface area contributed by atoms with Gasteiger partial charge in [-0.1, -0.05) is 23.2 Å². The number of pyridine rings is 3. The van der Waals surface area contributed by atoms with E-state index in [2.05, 4.69) is 15.3 Å². The number of nitrogens with zero attached hydrogens (tertiary/aromatic N) is 3. The fourth-order valence-electron chi connectivity index (χ4n) is 3.89. The summed E-state index contributed by atoms with van der Waals surface area (Å²) < 4.78 is 7.40. The molecule has 3 aromatic heterocycles. The van der Waals surface area contributed by atoms with Crippen molar-refractivity contribution in [3.63, 3.8) is 0 Å². The molecular formula is C21H20Cl2N4O3. The van der Waals surface area contributed by atoms with Crippen LogP contribution < -0.4 is 10.7 Å². The normalized spacial score (nSPS) is 19.0. The van der Waals surface area contributed by atoms with Crippen molar-refractivity contribution in [2.24, 2.45) is 0 Å². The number of ether oxygens (including phenoxy) is 1. The number of carbonyl (C=O) groups excluding carboxylic acids is 1. The highest BCUT2D eigenvalue weighted by molar-refractivity contribution is 6.39. The van der Waals surface area contributed by atoms with Crippen LogP contribution in [0.2, 0.25) is 10.0 Å². The fraction of sp³-hybridized carbons (Fsp3) is 0.333. The van der Waals surface area contributed by atoms with Crippen LogP contribution in [0.4, 0.5) is 5.69 Å². The lowest BCUT2D eigenvalue weighted by atomic mass is 9.92. The highest BCUT2D eigenvalue weighted by Gasteiger charge is 2.25. The zero-order valence-electron chi connectivity index (χ0n) is 16.3. The van der Waals surface area contributed by atoms with Crippen LogP contribution in [0, 0.1) is 0 Å². The van der Waals surface area contributed by atoms with Crippen molar-refractivity contribution in [2.75, 3.05) is 12.4 Å². The summed E-state index contributed by atoms with van der Waals surface area (Å²) >= 11 is 12.2. The Labute approximate surface area is 183 Å². The lowest BCUT2D eigenvalue weighted by molar-refractivity contribution is 0.0588. The second-order valence-corrected chi connectivity index (χ2v) is 8.07. The Morgan fingerprint density at radius 3 is 2.57 bits per heavy atom. The molecule has 0 aliphatic heterocycles. The van der Waals surface area contributed by atoms with E-state index in [1.54, 1.807) is 31.6 Å². The molecule has 1 aliphatic rings. The molecule has 0 radical (unpaired) electrons. The lowest BCUT2D eigenvalue weighted by Crippen LogP contribution is -2.28. The summed E-state index contributed by atoms with van der Waals surface area (Å²) in [6.07, 6.45) is 9.78. The first-order valence-electron chi connectivity index (χ1n) is 9.62. The van der Waals surface area contributed by atoms with E-state index in [4.69, 9.17) is 27.9 Å². The topological polar surface area (TPSA) is 86.1 Å². The Morgan fingerprint density at radius 2 is 1.90 bits per heavy atom. The van der Waals surface area contributed by atoms with Gasteiger partial charge in [-0.15, -0.1) is 0 Å². The molecule has 3 heterocycles. The van der Waals surface area contributed by atoms with Crippen LogP contribution in [0.5, 0.6) is 0 Å². The molecule has 0 saturated heterocycles. The van der Waals surface area contributed by atoms with E-state index in [0.29, 0.717) is 11.0 Å². The van der Waals surface area contributed by atoms with Gasteiger partial charge in [0.1, 0.15) is 11.2 Å². The number of hydrogen-bond donors (Lipinski definition) is 1. The molecule has 1 amide bonds. The van der Waals surface area contributed by atoms with Crippen molar-refractivity contribution in [1.82, 2.24) is 14.5 Å². The van der Waals surface area contributed by atoms with Crippen LogP contribution in [0.15, 0.2) is 41.7 Å². The molecule has 1 fully saturated rings. The minimum absolute atomic E-state index is 0.00769. The largest absolute Gasteiger partial charge is 0.381 e. The molecule has 1 saturated carbocycles. The quantitative estimate of drug-likeness (QED) is 0.638. The van der Waals surface area contributed by atoms with Crippen LogP contribution in [-0.2, 0) is 4.74 Å². The molecule has 0 atom stereocenters. The van der Waals surface area contributed by atoms with Gasteiger partial charge in [0.15, 0.2) is 0 Å². The number of hydrogen-bond acceptors (Lipinski definition) is 5. The SMILES string of the molecule is CO[C@H]1CC[C@H](n2cc(C(=O)Nc3c(Cl)cncc3Cl)c(=O)c3cccnc32)CC1. The van der Waals surface area contributed by atoms with Crippen LogP contribution in [0.1, 0.15) is 42.1 Å². The summed E-state index contributed by atoms with van der Waals surface area (Å²) in [5.41, 5.74) is 0.406. The Morgan fingerprint density at radius 1 is 1.20 bits per heavy atom. The second kappa shape index (κ2) is 8.71. The number of fused-ring (bicyclic) bond motifs is 1. The van der Waals surface area contributed by atoms with Crippen molar-refractivity contribution >= 4 is 45.8 Å². The van der Waals surface area contributed by atoms with E-state index in [0.717, 1.165) is 25.7 Å². The summed E-state index contributed by atoms with van der Waals surface area (Å²) in [5, 5.41) is 3.43. The van der Waals surface area contributed by atoms with Crippen LogP contribution in [0.25, 0.3) is 11.0 Å². The molecule has 0 bridgehead atoms. The minimum Gasteiger partial charge on any atom is -0.381 e. The molecule has 3 aromatic rings. The maximum atomic E-state index is 13.1. The number of halogens is 2. The number of carbonyl (C=O) groups is 1. The number of aromatic nitrogens is 3. The zero-order chi connectivity index (χ0) is 21.3. The van der Waals surface area contributed by atoms with E-state index in [-0.39, 0.29) is 33.4 Å². The molecule has 1 aliphatic carbocycles. The molecule has 4 rings (SSSR count). The van der Waals surface area contributed by atoms with Crippen LogP contribution in [-0.4, -0.2) is 33.7 Å². The molecule has 30 heavy (non-hydrogen) atoms. The molecule has 0 unspecified atom stereocenters. The fourth-order valence-corrected chi connectivity index (χ4v) is 4.35. The molecular weight excluding hydrogens is 427 g/mol. The van der Waals surface area contributed by atoms with Gasteiger partial charge < -0.3 is 14.6 Å². The van der Waals surface area contributed by atoms with E-state index in [1.165, 1.54) is 12.4 Å². The highest BCUT2D eigenvalue weighted by atomic mass is 35.5. The van der Waals surface area contributed by atoms with E-state index in [9.17, 15) is 9.59 Å². The Bertz CT molecular complexity index is 1140. The number of methoxy groups -OCH3 is 1. The monoisotopic (exact) mass is 446 g/mol. The van der Waals surface area contributed by atoms with Gasteiger partial charge >= 0.3 is 0 Å².